The molecule has 0 saturated carbocycles. The molecule has 0 fully saturated rings. The van der Waals surface area contributed by atoms with Crippen molar-refractivity contribution < 1.29 is 24.5 Å². The van der Waals surface area contributed by atoms with Crippen LogP contribution >= 0.6 is 0 Å². The van der Waals surface area contributed by atoms with E-state index >= 15 is 0 Å². The number of rotatable bonds is 50. The summed E-state index contributed by atoms with van der Waals surface area (Å²) in [7, 11) is 0. The molecule has 0 aliphatic rings. The van der Waals surface area contributed by atoms with E-state index in [0.29, 0.717) is 19.4 Å². The molecule has 0 aromatic rings. The van der Waals surface area contributed by atoms with E-state index < -0.39 is 12.1 Å². The molecule has 0 rings (SSSR count). The maximum Gasteiger partial charge on any atom is 0.305 e. The molecule has 0 saturated heterocycles. The standard InChI is InChI=1S/C55H105NO5/c1-3-5-7-9-11-13-14-25-29-33-37-41-45-49-55(60)61-50-46-42-38-34-30-27-24-22-20-18-16-15-17-19-21-23-26-28-32-36-40-44-48-54(59)56-52(51-57)53(58)47-43-39-35-31-12-10-8-6-4-2/h13-14,43,47,52-53,57-58H,3-12,15-42,44-46,48-51H2,1-2H3,(H,56,59)/b14-13-,47-43+. The van der Waals surface area contributed by atoms with Crippen molar-refractivity contribution in [2.75, 3.05) is 13.2 Å². The number of esters is 1. The highest BCUT2D eigenvalue weighted by atomic mass is 16.5. The van der Waals surface area contributed by atoms with Crippen molar-refractivity contribution in [3.8, 4) is 0 Å². The topological polar surface area (TPSA) is 95.9 Å². The number of allylic oxidation sites excluding steroid dienone is 3. The van der Waals surface area contributed by atoms with E-state index in [2.05, 4.69) is 31.3 Å². The van der Waals surface area contributed by atoms with E-state index in [1.54, 1.807) is 6.08 Å². The Bertz CT molecular complexity index is 951. The molecule has 61 heavy (non-hydrogen) atoms. The molecule has 360 valence electrons. The molecule has 0 heterocycles. The Morgan fingerprint density at radius 3 is 1.18 bits per heavy atom. The highest BCUT2D eigenvalue weighted by Crippen LogP contribution is 2.17. The number of hydrogen-bond donors (Lipinski definition) is 3. The van der Waals surface area contributed by atoms with Gasteiger partial charge in [-0.15, -0.1) is 0 Å². The normalized spacial score (nSPS) is 12.8. The summed E-state index contributed by atoms with van der Waals surface area (Å²) in [6, 6.07) is -0.625. The third kappa shape index (κ3) is 47.7. The first kappa shape index (κ1) is 59.3. The molecule has 0 bridgehead atoms. The fraction of sp³-hybridized carbons (Fsp3) is 0.891. The van der Waals surface area contributed by atoms with Crippen molar-refractivity contribution in [1.29, 1.82) is 0 Å². The summed E-state index contributed by atoms with van der Waals surface area (Å²) in [5, 5.41) is 22.9. The molecule has 0 radical (unpaired) electrons. The van der Waals surface area contributed by atoms with Crippen molar-refractivity contribution in [3.05, 3.63) is 24.3 Å². The van der Waals surface area contributed by atoms with Crippen LogP contribution in [0.2, 0.25) is 0 Å². The number of nitrogens with one attached hydrogen (secondary N) is 1. The number of hydrogen-bond acceptors (Lipinski definition) is 5. The second-order valence-electron chi connectivity index (χ2n) is 18.6. The molecule has 0 aromatic heterocycles. The Morgan fingerprint density at radius 2 is 0.770 bits per heavy atom. The van der Waals surface area contributed by atoms with E-state index in [4.69, 9.17) is 4.74 Å². The molecule has 2 atom stereocenters. The second kappa shape index (κ2) is 51.0. The van der Waals surface area contributed by atoms with Crippen molar-refractivity contribution in [2.45, 2.75) is 302 Å². The third-order valence-corrected chi connectivity index (χ3v) is 12.5. The van der Waals surface area contributed by atoms with Crippen molar-refractivity contribution in [2.24, 2.45) is 0 Å². The van der Waals surface area contributed by atoms with Crippen LogP contribution < -0.4 is 5.32 Å². The van der Waals surface area contributed by atoms with Gasteiger partial charge < -0.3 is 20.3 Å². The van der Waals surface area contributed by atoms with E-state index in [0.717, 1.165) is 44.9 Å². The number of aliphatic hydroxyl groups is 2. The Kier molecular flexibility index (Phi) is 49.6. The van der Waals surface area contributed by atoms with Crippen LogP contribution in [0.5, 0.6) is 0 Å². The number of amides is 1. The monoisotopic (exact) mass is 860 g/mol. The number of unbranched alkanes of at least 4 members (excludes halogenated alkanes) is 37. The molecular formula is C55H105NO5. The summed E-state index contributed by atoms with van der Waals surface area (Å²) in [4.78, 5) is 24.4. The van der Waals surface area contributed by atoms with Gasteiger partial charge in [-0.05, 0) is 57.8 Å². The zero-order valence-corrected chi connectivity index (χ0v) is 40.9. The largest absolute Gasteiger partial charge is 0.466 e. The molecular weight excluding hydrogens is 755 g/mol. The first-order valence-electron chi connectivity index (χ1n) is 27.1. The lowest BCUT2D eigenvalue weighted by molar-refractivity contribution is -0.143. The van der Waals surface area contributed by atoms with Gasteiger partial charge in [0, 0.05) is 12.8 Å². The van der Waals surface area contributed by atoms with Gasteiger partial charge in [-0.25, -0.2) is 0 Å². The van der Waals surface area contributed by atoms with E-state index in [9.17, 15) is 19.8 Å². The summed E-state index contributed by atoms with van der Waals surface area (Å²) in [5.41, 5.74) is 0. The van der Waals surface area contributed by atoms with Crippen LogP contribution in [-0.2, 0) is 14.3 Å². The lowest BCUT2D eigenvalue weighted by Crippen LogP contribution is -2.45. The highest BCUT2D eigenvalue weighted by molar-refractivity contribution is 5.76. The maximum atomic E-state index is 12.4. The Labute approximate surface area is 380 Å². The average Bonchev–Trinajstić information content (AvgIpc) is 3.26. The zero-order chi connectivity index (χ0) is 44.4. The highest BCUT2D eigenvalue weighted by Gasteiger charge is 2.18. The summed E-state index contributed by atoms with van der Waals surface area (Å²) in [6.07, 6.45) is 60.6. The van der Waals surface area contributed by atoms with Gasteiger partial charge in [0.25, 0.3) is 0 Å². The van der Waals surface area contributed by atoms with E-state index in [1.165, 1.54) is 218 Å². The van der Waals surface area contributed by atoms with Gasteiger partial charge in [-0.1, -0.05) is 244 Å². The number of carbonyl (C=O) groups excluding carboxylic acids is 2. The SMILES string of the molecule is CCCCCC/C=C\CCCCCCCC(=O)OCCCCCCCCCCCCCCCCCCCCCCCCC(=O)NC(CO)C(O)/C=C/CCCCCCCCC. The van der Waals surface area contributed by atoms with Gasteiger partial charge in [0.15, 0.2) is 0 Å². The lowest BCUT2D eigenvalue weighted by Gasteiger charge is -2.20. The van der Waals surface area contributed by atoms with E-state index in [-0.39, 0.29) is 18.5 Å². The van der Waals surface area contributed by atoms with Gasteiger partial charge >= 0.3 is 5.97 Å². The second-order valence-corrected chi connectivity index (χ2v) is 18.6. The molecule has 6 heteroatoms. The molecule has 0 spiro atoms. The predicted octanol–water partition coefficient (Wildman–Crippen LogP) is 16.3. The lowest BCUT2D eigenvalue weighted by atomic mass is 10.0. The Hall–Kier alpha value is -1.66. The number of aliphatic hydroxyl groups excluding tert-OH is 2. The molecule has 2 unspecified atom stereocenters. The zero-order valence-electron chi connectivity index (χ0n) is 40.9. The van der Waals surface area contributed by atoms with Gasteiger partial charge in [-0.2, -0.15) is 0 Å². The molecule has 3 N–H and O–H groups in total. The van der Waals surface area contributed by atoms with Crippen LogP contribution in [0.1, 0.15) is 290 Å². The van der Waals surface area contributed by atoms with E-state index in [1.807, 2.05) is 6.08 Å². The minimum atomic E-state index is -0.841. The summed E-state index contributed by atoms with van der Waals surface area (Å²) >= 11 is 0. The number of ether oxygens (including phenoxy) is 1. The maximum absolute atomic E-state index is 12.4. The van der Waals surface area contributed by atoms with Crippen LogP contribution in [0, 0.1) is 0 Å². The summed E-state index contributed by atoms with van der Waals surface area (Å²) in [6.45, 7) is 4.86. The predicted molar refractivity (Wildman–Crippen MR) is 264 cm³/mol. The smallest absolute Gasteiger partial charge is 0.305 e. The van der Waals surface area contributed by atoms with Gasteiger partial charge in [0.1, 0.15) is 0 Å². The fourth-order valence-electron chi connectivity index (χ4n) is 8.27. The Morgan fingerprint density at radius 1 is 0.443 bits per heavy atom. The average molecular weight is 860 g/mol. The van der Waals surface area contributed by atoms with Gasteiger partial charge in [0.05, 0.1) is 25.4 Å². The summed E-state index contributed by atoms with van der Waals surface area (Å²) in [5.74, 6) is -0.0678. The first-order chi connectivity index (χ1) is 30.0. The van der Waals surface area contributed by atoms with Crippen LogP contribution in [0.15, 0.2) is 24.3 Å². The molecule has 6 nitrogen and oxygen atoms in total. The fourth-order valence-corrected chi connectivity index (χ4v) is 8.27. The van der Waals surface area contributed by atoms with Crippen molar-refractivity contribution in [3.63, 3.8) is 0 Å². The van der Waals surface area contributed by atoms with Crippen LogP contribution in [0.3, 0.4) is 0 Å². The van der Waals surface area contributed by atoms with Gasteiger partial charge in [0.2, 0.25) is 5.91 Å². The first-order valence-corrected chi connectivity index (χ1v) is 27.1. The number of carbonyl (C=O) groups is 2. The van der Waals surface area contributed by atoms with Gasteiger partial charge in [-0.3, -0.25) is 9.59 Å². The van der Waals surface area contributed by atoms with Crippen LogP contribution in [0.25, 0.3) is 0 Å². The van der Waals surface area contributed by atoms with Crippen molar-refractivity contribution in [1.82, 2.24) is 5.32 Å². The van der Waals surface area contributed by atoms with Crippen LogP contribution in [0.4, 0.5) is 0 Å². The molecule has 1 amide bonds. The molecule has 0 aliphatic heterocycles. The molecule has 0 aromatic carbocycles. The summed E-state index contributed by atoms with van der Waals surface area (Å²) < 4.78 is 5.46. The quantitative estimate of drug-likeness (QED) is 0.0322. The molecule has 0 aliphatic carbocycles. The third-order valence-electron chi connectivity index (χ3n) is 12.5. The van der Waals surface area contributed by atoms with Crippen molar-refractivity contribution >= 4 is 11.9 Å². The minimum absolute atomic E-state index is 0.00301. The minimum Gasteiger partial charge on any atom is -0.466 e. The van der Waals surface area contributed by atoms with Crippen LogP contribution in [-0.4, -0.2) is 47.4 Å². The Balaban J connectivity index is 3.37.